The zero-order chi connectivity index (χ0) is 18.4. The minimum Gasteiger partial charge on any atom is -0.379 e. The maximum atomic E-state index is 12.4. The molecule has 5 nitrogen and oxygen atoms in total. The zero-order valence-corrected chi connectivity index (χ0v) is 17.7. The lowest BCUT2D eigenvalue weighted by molar-refractivity contribution is -0.122. The molecule has 3 N–H and O–H groups in total. The fourth-order valence-electron chi connectivity index (χ4n) is 3.10. The molecule has 0 spiro atoms. The highest BCUT2D eigenvalue weighted by Crippen LogP contribution is 2.15. The van der Waals surface area contributed by atoms with Gasteiger partial charge in [-0.15, -0.1) is 24.8 Å². The number of hydrogen-bond donors (Lipinski definition) is 2. The van der Waals surface area contributed by atoms with E-state index >= 15 is 0 Å². The van der Waals surface area contributed by atoms with E-state index in [-0.39, 0.29) is 30.7 Å². The number of nitrogens with zero attached hydrogens (tertiary/aromatic N) is 1. The van der Waals surface area contributed by atoms with Crippen LogP contribution in [0.15, 0.2) is 48.5 Å². The number of nitrogens with one attached hydrogen (secondary N) is 1. The average molecular weight is 426 g/mol. The Hall–Kier alpha value is -1.63. The third-order valence-electron chi connectivity index (χ3n) is 4.79. The Morgan fingerprint density at radius 3 is 2.32 bits per heavy atom. The molecule has 1 fully saturated rings. The topological polar surface area (TPSA) is 67.6 Å². The second kappa shape index (κ2) is 12.0. The summed E-state index contributed by atoms with van der Waals surface area (Å²) in [6.07, 6.45) is 0. The minimum atomic E-state index is -0.651. The van der Waals surface area contributed by atoms with Gasteiger partial charge in [0, 0.05) is 26.2 Å². The number of nitrogens with two attached hydrogens (primary N) is 1. The summed E-state index contributed by atoms with van der Waals surface area (Å²) in [5.74, 6) is -0.157. The number of amides is 1. The molecule has 1 aliphatic heterocycles. The summed E-state index contributed by atoms with van der Waals surface area (Å²) in [6, 6.07) is 15.3. The molecule has 0 aliphatic carbocycles. The summed E-state index contributed by atoms with van der Waals surface area (Å²) in [7, 11) is 0. The number of rotatable bonds is 6. The molecule has 1 unspecified atom stereocenters. The lowest BCUT2D eigenvalue weighted by Gasteiger charge is -2.27. The highest BCUT2D eigenvalue weighted by molar-refractivity contribution is 5.85. The van der Waals surface area contributed by atoms with Gasteiger partial charge in [-0.1, -0.05) is 54.1 Å². The predicted molar refractivity (Wildman–Crippen MR) is 117 cm³/mol. The number of ether oxygens (including phenoxy) is 1. The van der Waals surface area contributed by atoms with Crippen LogP contribution in [0.4, 0.5) is 0 Å². The number of benzene rings is 2. The Labute approximate surface area is 179 Å². The molecule has 7 heteroatoms. The van der Waals surface area contributed by atoms with Crippen LogP contribution in [0.5, 0.6) is 0 Å². The largest absolute Gasteiger partial charge is 0.379 e. The van der Waals surface area contributed by atoms with Gasteiger partial charge < -0.3 is 15.8 Å². The quantitative estimate of drug-likeness (QED) is 0.746. The van der Waals surface area contributed by atoms with Crippen molar-refractivity contribution < 1.29 is 9.53 Å². The van der Waals surface area contributed by atoms with Gasteiger partial charge in [0.2, 0.25) is 5.91 Å². The summed E-state index contributed by atoms with van der Waals surface area (Å²) in [5.41, 5.74) is 10.4. The van der Waals surface area contributed by atoms with Crippen molar-refractivity contribution in [1.29, 1.82) is 0 Å². The van der Waals surface area contributed by atoms with Crippen molar-refractivity contribution in [2.75, 3.05) is 26.3 Å². The number of carbonyl (C=O) groups excluding carboxylic acids is 1. The minimum absolute atomic E-state index is 0. The van der Waals surface area contributed by atoms with E-state index in [1.165, 1.54) is 5.56 Å². The molecule has 1 amide bonds. The first-order chi connectivity index (χ1) is 12.6. The van der Waals surface area contributed by atoms with Crippen molar-refractivity contribution in [2.24, 2.45) is 5.73 Å². The van der Waals surface area contributed by atoms with Crippen molar-refractivity contribution in [1.82, 2.24) is 10.2 Å². The second-order valence-corrected chi connectivity index (χ2v) is 6.76. The Balaban J connectivity index is 0.00000196. The van der Waals surface area contributed by atoms with E-state index in [0.29, 0.717) is 6.54 Å². The summed E-state index contributed by atoms with van der Waals surface area (Å²) < 4.78 is 5.41. The number of aryl methyl sites for hydroxylation is 1. The first-order valence-electron chi connectivity index (χ1n) is 9.10. The molecule has 1 heterocycles. The molecular formula is C21H29Cl2N3O2. The molecule has 0 radical (unpaired) electrons. The van der Waals surface area contributed by atoms with E-state index in [9.17, 15) is 4.79 Å². The standard InChI is InChI=1S/C21H27N3O2.2ClH/c1-16-6-8-17(9-7-16)20(22)21(25)23-14-18-4-2-3-5-19(18)15-24-10-12-26-13-11-24;;/h2-9,20H,10-15,22H2,1H3,(H,23,25);2*1H. The first kappa shape index (κ1) is 24.4. The van der Waals surface area contributed by atoms with Gasteiger partial charge in [-0.2, -0.15) is 0 Å². The highest BCUT2D eigenvalue weighted by atomic mass is 35.5. The zero-order valence-electron chi connectivity index (χ0n) is 16.1. The van der Waals surface area contributed by atoms with Crippen LogP contribution in [0.2, 0.25) is 0 Å². The van der Waals surface area contributed by atoms with Gasteiger partial charge in [-0.3, -0.25) is 9.69 Å². The predicted octanol–water partition coefficient (Wildman–Crippen LogP) is 2.99. The molecule has 2 aromatic carbocycles. The maximum absolute atomic E-state index is 12.4. The van der Waals surface area contributed by atoms with Crippen LogP contribution in [0.3, 0.4) is 0 Å². The van der Waals surface area contributed by atoms with E-state index < -0.39 is 6.04 Å². The van der Waals surface area contributed by atoms with E-state index in [1.807, 2.05) is 43.3 Å². The SMILES string of the molecule is Cc1ccc(C(N)C(=O)NCc2ccccc2CN2CCOCC2)cc1.Cl.Cl. The third kappa shape index (κ3) is 6.76. The third-order valence-corrected chi connectivity index (χ3v) is 4.79. The van der Waals surface area contributed by atoms with Crippen LogP contribution in [0.25, 0.3) is 0 Å². The summed E-state index contributed by atoms with van der Waals surface area (Å²) in [4.78, 5) is 14.8. The normalized spacial score (nSPS) is 15.1. The van der Waals surface area contributed by atoms with Crippen LogP contribution in [-0.4, -0.2) is 37.1 Å². The smallest absolute Gasteiger partial charge is 0.241 e. The molecule has 3 rings (SSSR count). The lowest BCUT2D eigenvalue weighted by atomic mass is 10.0. The van der Waals surface area contributed by atoms with Gasteiger partial charge in [0.05, 0.1) is 13.2 Å². The van der Waals surface area contributed by atoms with Crippen molar-refractivity contribution in [2.45, 2.75) is 26.1 Å². The van der Waals surface area contributed by atoms with Gasteiger partial charge in [0.15, 0.2) is 0 Å². The lowest BCUT2D eigenvalue weighted by Crippen LogP contribution is -2.36. The molecule has 0 saturated carbocycles. The van der Waals surface area contributed by atoms with E-state index in [2.05, 4.69) is 22.3 Å². The first-order valence-corrected chi connectivity index (χ1v) is 9.10. The van der Waals surface area contributed by atoms with Crippen LogP contribution >= 0.6 is 24.8 Å². The van der Waals surface area contributed by atoms with Crippen molar-refractivity contribution in [3.05, 3.63) is 70.8 Å². The molecule has 0 aromatic heterocycles. The summed E-state index contributed by atoms with van der Waals surface area (Å²) in [6.45, 7) is 6.83. The molecule has 1 saturated heterocycles. The van der Waals surface area contributed by atoms with E-state index in [4.69, 9.17) is 10.5 Å². The van der Waals surface area contributed by atoms with Gasteiger partial charge in [-0.05, 0) is 23.6 Å². The number of halogens is 2. The Kier molecular flexibility index (Phi) is 10.5. The molecular weight excluding hydrogens is 397 g/mol. The summed E-state index contributed by atoms with van der Waals surface area (Å²) in [5, 5.41) is 2.98. The van der Waals surface area contributed by atoms with Crippen LogP contribution in [0.1, 0.15) is 28.3 Å². The average Bonchev–Trinajstić information content (AvgIpc) is 2.68. The van der Waals surface area contributed by atoms with Crippen LogP contribution < -0.4 is 11.1 Å². The van der Waals surface area contributed by atoms with Gasteiger partial charge in [0.25, 0.3) is 0 Å². The van der Waals surface area contributed by atoms with Crippen LogP contribution in [-0.2, 0) is 22.6 Å². The fraction of sp³-hybridized carbons (Fsp3) is 0.381. The van der Waals surface area contributed by atoms with E-state index in [0.717, 1.165) is 49.5 Å². The molecule has 154 valence electrons. The monoisotopic (exact) mass is 425 g/mol. The molecule has 0 bridgehead atoms. The van der Waals surface area contributed by atoms with E-state index in [1.54, 1.807) is 0 Å². The second-order valence-electron chi connectivity index (χ2n) is 6.76. The molecule has 28 heavy (non-hydrogen) atoms. The Morgan fingerprint density at radius 2 is 1.68 bits per heavy atom. The van der Waals surface area contributed by atoms with Crippen molar-refractivity contribution in [3.8, 4) is 0 Å². The van der Waals surface area contributed by atoms with Crippen molar-refractivity contribution >= 4 is 30.7 Å². The van der Waals surface area contributed by atoms with Crippen LogP contribution in [0, 0.1) is 6.92 Å². The molecule has 1 atom stereocenters. The number of carbonyl (C=O) groups is 1. The van der Waals surface area contributed by atoms with Gasteiger partial charge in [-0.25, -0.2) is 0 Å². The van der Waals surface area contributed by atoms with Gasteiger partial charge in [0.1, 0.15) is 6.04 Å². The number of hydrogen-bond acceptors (Lipinski definition) is 4. The maximum Gasteiger partial charge on any atom is 0.241 e. The summed E-state index contributed by atoms with van der Waals surface area (Å²) >= 11 is 0. The Bertz CT molecular complexity index is 735. The van der Waals surface area contributed by atoms with Gasteiger partial charge >= 0.3 is 0 Å². The fourth-order valence-corrected chi connectivity index (χ4v) is 3.10. The number of morpholine rings is 1. The molecule has 1 aliphatic rings. The highest BCUT2D eigenvalue weighted by Gasteiger charge is 2.17. The Morgan fingerprint density at radius 1 is 1.07 bits per heavy atom. The van der Waals surface area contributed by atoms with Crippen molar-refractivity contribution in [3.63, 3.8) is 0 Å². The molecule has 2 aromatic rings.